The van der Waals surface area contributed by atoms with Gasteiger partial charge in [0.25, 0.3) is 0 Å². The molecule has 0 bridgehead atoms. The summed E-state index contributed by atoms with van der Waals surface area (Å²) in [5.74, 6) is 0. The zero-order valence-electron chi connectivity index (χ0n) is 12.0. The number of aromatic nitrogens is 1. The molecule has 0 saturated carbocycles. The molecule has 1 aromatic heterocycles. The van der Waals surface area contributed by atoms with Crippen LogP contribution in [0.3, 0.4) is 0 Å². The van der Waals surface area contributed by atoms with E-state index in [4.69, 9.17) is 5.73 Å². The van der Waals surface area contributed by atoms with Crippen LogP contribution in [0.1, 0.15) is 49.7 Å². The van der Waals surface area contributed by atoms with Gasteiger partial charge in [0.15, 0.2) is 0 Å². The van der Waals surface area contributed by atoms with E-state index in [1.165, 1.54) is 37.8 Å². The first-order valence-electron chi connectivity index (χ1n) is 6.98. The standard InChI is InChI=1S/C14H27N3S/c1-4-5-6-7-8-14(9-15)17(3)10-13-11-18-12(2)16-13/h11,14H,4-10,15H2,1-3H3. The van der Waals surface area contributed by atoms with E-state index in [0.29, 0.717) is 6.04 Å². The van der Waals surface area contributed by atoms with Crippen LogP contribution < -0.4 is 5.73 Å². The van der Waals surface area contributed by atoms with Crippen LogP contribution in [-0.4, -0.2) is 29.5 Å². The maximum absolute atomic E-state index is 5.89. The summed E-state index contributed by atoms with van der Waals surface area (Å²) in [6.45, 7) is 5.96. The smallest absolute Gasteiger partial charge is 0.0897 e. The minimum atomic E-state index is 0.490. The molecule has 0 aromatic carbocycles. The fraction of sp³-hybridized carbons (Fsp3) is 0.786. The Balaban J connectivity index is 2.34. The van der Waals surface area contributed by atoms with Crippen LogP contribution in [0.2, 0.25) is 0 Å². The lowest BCUT2D eigenvalue weighted by Gasteiger charge is -2.26. The van der Waals surface area contributed by atoms with Crippen molar-refractivity contribution >= 4 is 11.3 Å². The molecule has 0 aliphatic rings. The van der Waals surface area contributed by atoms with E-state index in [1.54, 1.807) is 11.3 Å². The predicted molar refractivity (Wildman–Crippen MR) is 79.9 cm³/mol. The third-order valence-corrected chi connectivity index (χ3v) is 4.19. The molecule has 1 rings (SSSR count). The Morgan fingerprint density at radius 1 is 1.39 bits per heavy atom. The van der Waals surface area contributed by atoms with Gasteiger partial charge in [-0.3, -0.25) is 4.90 Å². The third-order valence-electron chi connectivity index (χ3n) is 3.36. The highest BCUT2D eigenvalue weighted by Crippen LogP contribution is 2.14. The van der Waals surface area contributed by atoms with Gasteiger partial charge in [0.1, 0.15) is 0 Å². The number of aryl methyl sites for hydroxylation is 1. The molecule has 2 N–H and O–H groups in total. The molecule has 104 valence electrons. The van der Waals surface area contributed by atoms with Crippen LogP contribution in [0, 0.1) is 6.92 Å². The van der Waals surface area contributed by atoms with Crippen molar-refractivity contribution in [1.82, 2.24) is 9.88 Å². The van der Waals surface area contributed by atoms with Crippen LogP contribution in [0.5, 0.6) is 0 Å². The lowest BCUT2D eigenvalue weighted by Crippen LogP contribution is -2.37. The van der Waals surface area contributed by atoms with E-state index >= 15 is 0 Å². The molecule has 0 aliphatic heterocycles. The molecule has 18 heavy (non-hydrogen) atoms. The van der Waals surface area contributed by atoms with Crippen LogP contribution in [0.15, 0.2) is 5.38 Å². The Bertz CT molecular complexity index is 325. The van der Waals surface area contributed by atoms with Crippen molar-refractivity contribution in [2.45, 2.75) is 58.5 Å². The van der Waals surface area contributed by atoms with Gasteiger partial charge in [0.2, 0.25) is 0 Å². The third kappa shape index (κ3) is 5.46. The van der Waals surface area contributed by atoms with Gasteiger partial charge in [0.05, 0.1) is 10.7 Å². The Morgan fingerprint density at radius 3 is 2.72 bits per heavy atom. The van der Waals surface area contributed by atoms with Crippen LogP contribution in [0.25, 0.3) is 0 Å². The van der Waals surface area contributed by atoms with Crippen molar-refractivity contribution in [3.8, 4) is 0 Å². The van der Waals surface area contributed by atoms with Crippen LogP contribution >= 0.6 is 11.3 Å². The van der Waals surface area contributed by atoms with Crippen LogP contribution in [0.4, 0.5) is 0 Å². The SMILES string of the molecule is CCCCCCC(CN)N(C)Cc1csc(C)n1. The molecular weight excluding hydrogens is 242 g/mol. The number of unbranched alkanes of at least 4 members (excludes halogenated alkanes) is 3. The van der Waals surface area contributed by atoms with Gasteiger partial charge in [-0.25, -0.2) is 4.98 Å². The monoisotopic (exact) mass is 269 g/mol. The second kappa shape index (κ2) is 8.62. The second-order valence-electron chi connectivity index (χ2n) is 5.01. The average Bonchev–Trinajstić information content (AvgIpc) is 2.75. The zero-order chi connectivity index (χ0) is 13.4. The summed E-state index contributed by atoms with van der Waals surface area (Å²) in [6.07, 6.45) is 6.45. The largest absolute Gasteiger partial charge is 0.329 e. The molecule has 1 aromatic rings. The Kier molecular flexibility index (Phi) is 7.47. The van der Waals surface area contributed by atoms with Gasteiger partial charge >= 0.3 is 0 Å². The van der Waals surface area contributed by atoms with Crippen molar-refractivity contribution in [2.24, 2.45) is 5.73 Å². The highest BCUT2D eigenvalue weighted by atomic mass is 32.1. The quantitative estimate of drug-likeness (QED) is 0.700. The number of nitrogens with two attached hydrogens (primary N) is 1. The summed E-state index contributed by atoms with van der Waals surface area (Å²) in [5, 5.41) is 3.29. The fourth-order valence-corrected chi connectivity index (χ4v) is 2.79. The van der Waals surface area contributed by atoms with Gasteiger partial charge in [-0.05, 0) is 20.4 Å². The number of likely N-dealkylation sites (N-methyl/N-ethyl adjacent to an activating group) is 1. The molecule has 0 spiro atoms. The first-order chi connectivity index (χ1) is 8.67. The lowest BCUT2D eigenvalue weighted by molar-refractivity contribution is 0.220. The average molecular weight is 269 g/mol. The molecule has 0 saturated heterocycles. The molecule has 3 nitrogen and oxygen atoms in total. The topological polar surface area (TPSA) is 42.1 Å². The first kappa shape index (κ1) is 15.6. The van der Waals surface area contributed by atoms with E-state index in [2.05, 4.69) is 36.2 Å². The van der Waals surface area contributed by atoms with Gasteiger partial charge < -0.3 is 5.73 Å². The highest BCUT2D eigenvalue weighted by Gasteiger charge is 2.13. The molecule has 0 fully saturated rings. The molecule has 0 radical (unpaired) electrons. The van der Waals surface area contributed by atoms with E-state index in [0.717, 1.165) is 18.1 Å². The molecular formula is C14H27N3S. The van der Waals surface area contributed by atoms with E-state index < -0.39 is 0 Å². The molecule has 1 atom stereocenters. The number of hydrogen-bond donors (Lipinski definition) is 1. The summed E-state index contributed by atoms with van der Waals surface area (Å²) >= 11 is 1.72. The van der Waals surface area contributed by atoms with Crippen LogP contribution in [-0.2, 0) is 6.54 Å². The molecule has 1 heterocycles. The summed E-state index contributed by atoms with van der Waals surface area (Å²) in [4.78, 5) is 6.86. The van der Waals surface area contributed by atoms with Crippen molar-refractivity contribution in [2.75, 3.05) is 13.6 Å². The number of hydrogen-bond acceptors (Lipinski definition) is 4. The van der Waals surface area contributed by atoms with Gasteiger partial charge in [-0.15, -0.1) is 11.3 Å². The van der Waals surface area contributed by atoms with Gasteiger partial charge in [-0.1, -0.05) is 32.6 Å². The van der Waals surface area contributed by atoms with Crippen molar-refractivity contribution < 1.29 is 0 Å². The summed E-state index contributed by atoms with van der Waals surface area (Å²) in [7, 11) is 2.16. The van der Waals surface area contributed by atoms with Gasteiger partial charge in [0, 0.05) is 24.5 Å². The zero-order valence-corrected chi connectivity index (χ0v) is 12.8. The maximum Gasteiger partial charge on any atom is 0.0897 e. The Hall–Kier alpha value is -0.450. The van der Waals surface area contributed by atoms with Gasteiger partial charge in [-0.2, -0.15) is 0 Å². The summed E-state index contributed by atoms with van der Waals surface area (Å²) in [5.41, 5.74) is 7.06. The number of rotatable bonds is 9. The Morgan fingerprint density at radius 2 is 2.17 bits per heavy atom. The van der Waals surface area contributed by atoms with Crippen molar-refractivity contribution in [1.29, 1.82) is 0 Å². The molecule has 1 unspecified atom stereocenters. The predicted octanol–water partition coefficient (Wildman–Crippen LogP) is 3.18. The minimum absolute atomic E-state index is 0.490. The minimum Gasteiger partial charge on any atom is -0.329 e. The Labute approximate surface area is 115 Å². The second-order valence-corrected chi connectivity index (χ2v) is 6.07. The van der Waals surface area contributed by atoms with Crippen molar-refractivity contribution in [3.05, 3.63) is 16.1 Å². The van der Waals surface area contributed by atoms with E-state index in [-0.39, 0.29) is 0 Å². The normalized spacial score (nSPS) is 13.2. The number of nitrogens with zero attached hydrogens (tertiary/aromatic N) is 2. The molecule has 0 aliphatic carbocycles. The fourth-order valence-electron chi connectivity index (χ4n) is 2.19. The molecule has 0 amide bonds. The van der Waals surface area contributed by atoms with E-state index in [9.17, 15) is 0 Å². The molecule has 4 heteroatoms. The first-order valence-corrected chi connectivity index (χ1v) is 7.86. The lowest BCUT2D eigenvalue weighted by atomic mass is 10.1. The summed E-state index contributed by atoms with van der Waals surface area (Å²) in [6, 6.07) is 0.490. The highest BCUT2D eigenvalue weighted by molar-refractivity contribution is 7.09. The van der Waals surface area contributed by atoms with E-state index in [1.807, 2.05) is 0 Å². The maximum atomic E-state index is 5.89. The summed E-state index contributed by atoms with van der Waals surface area (Å²) < 4.78 is 0. The number of thiazole rings is 1. The van der Waals surface area contributed by atoms with Crippen molar-refractivity contribution in [3.63, 3.8) is 0 Å².